The van der Waals surface area contributed by atoms with Gasteiger partial charge in [-0.3, -0.25) is 4.79 Å². The van der Waals surface area contributed by atoms with Gasteiger partial charge in [-0.1, -0.05) is 0 Å². The number of carbonyl (C=O) groups is 1. The van der Waals surface area contributed by atoms with Gasteiger partial charge >= 0.3 is 0 Å². The standard InChI is InChI=1S/C15H12N6O2S/c1-23-14-5-4-12-18-19-13(21(12)20-14)7-16-15(22)9-2-3-10-11(6-9)24-8-17-10/h2-6,8H,7H2,1H3,(H,16,22). The van der Waals surface area contributed by atoms with Gasteiger partial charge in [-0.2, -0.15) is 4.52 Å². The molecule has 0 saturated heterocycles. The molecule has 1 amide bonds. The van der Waals surface area contributed by atoms with Gasteiger partial charge in [-0.25, -0.2) is 4.98 Å². The Morgan fingerprint density at radius 2 is 2.21 bits per heavy atom. The molecule has 0 saturated carbocycles. The van der Waals surface area contributed by atoms with E-state index in [2.05, 4.69) is 25.6 Å². The summed E-state index contributed by atoms with van der Waals surface area (Å²) in [6.07, 6.45) is 0. The number of amides is 1. The van der Waals surface area contributed by atoms with Crippen LogP contribution in [0.1, 0.15) is 16.2 Å². The molecule has 1 N–H and O–H groups in total. The molecule has 3 heterocycles. The molecule has 0 fully saturated rings. The molecule has 0 aliphatic rings. The minimum Gasteiger partial charge on any atom is -0.480 e. The van der Waals surface area contributed by atoms with Crippen molar-refractivity contribution < 1.29 is 9.53 Å². The lowest BCUT2D eigenvalue weighted by Crippen LogP contribution is -2.24. The van der Waals surface area contributed by atoms with E-state index >= 15 is 0 Å². The lowest BCUT2D eigenvalue weighted by atomic mass is 10.2. The highest BCUT2D eigenvalue weighted by Gasteiger charge is 2.11. The molecule has 0 radical (unpaired) electrons. The largest absolute Gasteiger partial charge is 0.480 e. The number of thiazole rings is 1. The molecule has 24 heavy (non-hydrogen) atoms. The summed E-state index contributed by atoms with van der Waals surface area (Å²) in [6, 6.07) is 8.87. The van der Waals surface area contributed by atoms with Gasteiger partial charge in [0, 0.05) is 11.6 Å². The minimum absolute atomic E-state index is 0.190. The summed E-state index contributed by atoms with van der Waals surface area (Å²) < 4.78 is 7.62. The molecule has 8 nitrogen and oxygen atoms in total. The number of nitrogens with one attached hydrogen (secondary N) is 1. The molecule has 4 aromatic rings. The van der Waals surface area contributed by atoms with Gasteiger partial charge in [0.1, 0.15) is 0 Å². The van der Waals surface area contributed by atoms with Crippen LogP contribution in [-0.4, -0.2) is 37.8 Å². The fourth-order valence-electron chi connectivity index (χ4n) is 2.29. The number of hydrogen-bond donors (Lipinski definition) is 1. The Kier molecular flexibility index (Phi) is 3.54. The zero-order chi connectivity index (χ0) is 16.5. The first-order valence-corrected chi connectivity index (χ1v) is 7.99. The van der Waals surface area contributed by atoms with Gasteiger partial charge in [0.05, 0.1) is 29.4 Å². The monoisotopic (exact) mass is 340 g/mol. The third-order valence-electron chi connectivity index (χ3n) is 3.51. The Hall–Kier alpha value is -3.07. The predicted octanol–water partition coefficient (Wildman–Crippen LogP) is 1.67. The van der Waals surface area contributed by atoms with Crippen molar-refractivity contribution in [3.8, 4) is 5.88 Å². The van der Waals surface area contributed by atoms with Crippen LogP contribution in [0.2, 0.25) is 0 Å². The molecule has 3 aromatic heterocycles. The van der Waals surface area contributed by atoms with Crippen LogP contribution in [0.5, 0.6) is 5.88 Å². The summed E-state index contributed by atoms with van der Waals surface area (Å²) in [4.78, 5) is 16.5. The maximum absolute atomic E-state index is 12.3. The first kappa shape index (κ1) is 14.5. The summed E-state index contributed by atoms with van der Waals surface area (Å²) in [5.41, 5.74) is 3.81. The normalized spacial score (nSPS) is 11.0. The van der Waals surface area contributed by atoms with Crippen molar-refractivity contribution >= 4 is 33.1 Å². The van der Waals surface area contributed by atoms with Crippen molar-refractivity contribution in [1.82, 2.24) is 30.1 Å². The van der Waals surface area contributed by atoms with E-state index in [4.69, 9.17) is 4.74 Å². The fourth-order valence-corrected chi connectivity index (χ4v) is 3.01. The Morgan fingerprint density at radius 3 is 3.08 bits per heavy atom. The number of rotatable bonds is 4. The lowest BCUT2D eigenvalue weighted by molar-refractivity contribution is 0.0950. The molecule has 0 unspecified atom stereocenters. The van der Waals surface area contributed by atoms with Gasteiger partial charge < -0.3 is 10.1 Å². The molecule has 1 aromatic carbocycles. The molecule has 0 spiro atoms. The molecule has 9 heteroatoms. The molecule has 0 atom stereocenters. The smallest absolute Gasteiger partial charge is 0.251 e. The van der Waals surface area contributed by atoms with Crippen LogP contribution in [0.15, 0.2) is 35.8 Å². The Bertz CT molecular complexity index is 1040. The summed E-state index contributed by atoms with van der Waals surface area (Å²) >= 11 is 1.50. The van der Waals surface area contributed by atoms with Crippen LogP contribution >= 0.6 is 11.3 Å². The summed E-state index contributed by atoms with van der Waals surface area (Å²) in [5, 5.41) is 15.1. The zero-order valence-electron chi connectivity index (χ0n) is 12.6. The van der Waals surface area contributed by atoms with Gasteiger partial charge in [-0.15, -0.1) is 26.6 Å². The fraction of sp³-hybridized carbons (Fsp3) is 0.133. The number of nitrogens with zero attached hydrogens (tertiary/aromatic N) is 5. The predicted molar refractivity (Wildman–Crippen MR) is 88.1 cm³/mol. The maximum atomic E-state index is 12.3. The van der Waals surface area contributed by atoms with E-state index in [9.17, 15) is 4.79 Å². The number of ether oxygens (including phenoxy) is 1. The van der Waals surface area contributed by atoms with Crippen molar-refractivity contribution in [2.75, 3.05) is 7.11 Å². The van der Waals surface area contributed by atoms with Crippen LogP contribution in [0.3, 0.4) is 0 Å². The number of aromatic nitrogens is 5. The van der Waals surface area contributed by atoms with Crippen molar-refractivity contribution in [1.29, 1.82) is 0 Å². The maximum Gasteiger partial charge on any atom is 0.251 e. The quantitative estimate of drug-likeness (QED) is 0.607. The Balaban J connectivity index is 1.54. The third kappa shape index (κ3) is 2.54. The number of hydrogen-bond acceptors (Lipinski definition) is 7. The molecule has 0 bridgehead atoms. The highest BCUT2D eigenvalue weighted by atomic mass is 32.1. The second-order valence-electron chi connectivity index (χ2n) is 4.98. The van der Waals surface area contributed by atoms with E-state index in [1.165, 1.54) is 18.4 Å². The van der Waals surface area contributed by atoms with Gasteiger partial charge in [0.15, 0.2) is 11.5 Å². The number of carbonyl (C=O) groups excluding carboxylic acids is 1. The number of benzene rings is 1. The molecule has 0 aliphatic heterocycles. The number of fused-ring (bicyclic) bond motifs is 2. The first-order valence-electron chi connectivity index (χ1n) is 7.11. The van der Waals surface area contributed by atoms with Gasteiger partial charge in [0.2, 0.25) is 5.88 Å². The minimum atomic E-state index is -0.190. The van der Waals surface area contributed by atoms with Crippen molar-refractivity contribution in [2.24, 2.45) is 0 Å². The van der Waals surface area contributed by atoms with Crippen LogP contribution in [-0.2, 0) is 6.54 Å². The number of methoxy groups -OCH3 is 1. The van der Waals surface area contributed by atoms with Gasteiger partial charge in [0.25, 0.3) is 5.91 Å². The Morgan fingerprint density at radius 1 is 1.29 bits per heavy atom. The van der Waals surface area contributed by atoms with E-state index in [-0.39, 0.29) is 12.5 Å². The van der Waals surface area contributed by atoms with Crippen LogP contribution < -0.4 is 10.1 Å². The highest BCUT2D eigenvalue weighted by molar-refractivity contribution is 7.16. The molecule has 120 valence electrons. The van der Waals surface area contributed by atoms with Gasteiger partial charge in [-0.05, 0) is 24.3 Å². The third-order valence-corrected chi connectivity index (χ3v) is 4.30. The van der Waals surface area contributed by atoms with Crippen molar-refractivity contribution in [3.63, 3.8) is 0 Å². The molecular weight excluding hydrogens is 328 g/mol. The summed E-state index contributed by atoms with van der Waals surface area (Å²) in [5.74, 6) is 0.784. The first-order chi connectivity index (χ1) is 11.7. The van der Waals surface area contributed by atoms with E-state index in [0.29, 0.717) is 22.9 Å². The molecule has 0 aliphatic carbocycles. The van der Waals surface area contributed by atoms with Crippen molar-refractivity contribution in [3.05, 3.63) is 47.2 Å². The second kappa shape index (κ2) is 5.85. The highest BCUT2D eigenvalue weighted by Crippen LogP contribution is 2.19. The van der Waals surface area contributed by atoms with Crippen LogP contribution in [0.4, 0.5) is 0 Å². The molecule has 4 rings (SSSR count). The molecular formula is C15H12N6O2S. The van der Waals surface area contributed by atoms with E-state index in [1.54, 1.807) is 28.2 Å². The van der Waals surface area contributed by atoms with Crippen LogP contribution in [0.25, 0.3) is 15.9 Å². The van der Waals surface area contributed by atoms with E-state index in [1.807, 2.05) is 12.1 Å². The van der Waals surface area contributed by atoms with E-state index < -0.39 is 0 Å². The van der Waals surface area contributed by atoms with Crippen molar-refractivity contribution in [2.45, 2.75) is 6.54 Å². The summed E-state index contributed by atoms with van der Waals surface area (Å²) in [7, 11) is 1.54. The second-order valence-corrected chi connectivity index (χ2v) is 5.87. The van der Waals surface area contributed by atoms with Crippen LogP contribution in [0, 0.1) is 0 Å². The zero-order valence-corrected chi connectivity index (χ0v) is 13.4. The SMILES string of the molecule is COc1ccc2nnc(CNC(=O)c3ccc4ncsc4c3)n2n1. The summed E-state index contributed by atoms with van der Waals surface area (Å²) in [6.45, 7) is 0.209. The average Bonchev–Trinajstić information content (AvgIpc) is 3.24. The Labute approximate surface area is 140 Å². The topological polar surface area (TPSA) is 94.3 Å². The van der Waals surface area contributed by atoms with E-state index in [0.717, 1.165) is 10.2 Å². The average molecular weight is 340 g/mol. The lowest BCUT2D eigenvalue weighted by Gasteiger charge is -2.04.